The van der Waals surface area contributed by atoms with Gasteiger partial charge in [0.2, 0.25) is 5.95 Å². The van der Waals surface area contributed by atoms with Crippen LogP contribution >= 0.6 is 15.9 Å². The fourth-order valence-electron chi connectivity index (χ4n) is 2.20. The molecule has 3 rings (SSSR count). The van der Waals surface area contributed by atoms with E-state index in [1.165, 1.54) is 5.56 Å². The molecule has 5 nitrogen and oxygen atoms in total. The summed E-state index contributed by atoms with van der Waals surface area (Å²) < 4.78 is 1.03. The van der Waals surface area contributed by atoms with Crippen LogP contribution in [0.25, 0.3) is 11.4 Å². The average molecular weight is 322 g/mol. The monoisotopic (exact) mass is 321 g/mol. The first-order valence-electron chi connectivity index (χ1n) is 6.38. The molecule has 0 saturated carbocycles. The predicted molar refractivity (Wildman–Crippen MR) is 79.3 cm³/mol. The first-order valence-corrected chi connectivity index (χ1v) is 7.18. The second-order valence-electron chi connectivity index (χ2n) is 4.70. The molecule has 1 saturated heterocycles. The van der Waals surface area contributed by atoms with Crippen molar-refractivity contribution in [3.05, 3.63) is 28.2 Å². The zero-order valence-electron chi connectivity index (χ0n) is 10.8. The van der Waals surface area contributed by atoms with Crippen molar-refractivity contribution in [3.8, 4) is 11.4 Å². The number of nitrogens with zero attached hydrogens (tertiary/aromatic N) is 3. The molecule has 19 heavy (non-hydrogen) atoms. The maximum atomic E-state index is 4.61. The summed E-state index contributed by atoms with van der Waals surface area (Å²) in [6, 6.07) is 6.21. The van der Waals surface area contributed by atoms with E-state index in [0.717, 1.165) is 48.0 Å². The van der Waals surface area contributed by atoms with Crippen LogP contribution in [0.3, 0.4) is 0 Å². The van der Waals surface area contributed by atoms with Crippen molar-refractivity contribution >= 4 is 21.9 Å². The SMILES string of the molecule is Cc1ccc(Br)c(-c2nc(N3CCNCC3)n[nH]2)c1. The molecule has 1 aromatic carbocycles. The Labute approximate surface area is 120 Å². The third-order valence-electron chi connectivity index (χ3n) is 3.25. The quantitative estimate of drug-likeness (QED) is 0.887. The summed E-state index contributed by atoms with van der Waals surface area (Å²) in [4.78, 5) is 6.80. The lowest BCUT2D eigenvalue weighted by atomic mass is 10.1. The predicted octanol–water partition coefficient (Wildman–Crippen LogP) is 1.95. The van der Waals surface area contributed by atoms with Gasteiger partial charge >= 0.3 is 0 Å². The van der Waals surface area contributed by atoms with Crippen molar-refractivity contribution in [2.24, 2.45) is 0 Å². The lowest BCUT2D eigenvalue weighted by molar-refractivity contribution is 0.580. The van der Waals surface area contributed by atoms with Gasteiger partial charge in [0.1, 0.15) is 0 Å². The minimum atomic E-state index is 0.782. The van der Waals surface area contributed by atoms with Crippen LogP contribution in [0.4, 0.5) is 5.95 Å². The Morgan fingerprint density at radius 2 is 2.05 bits per heavy atom. The van der Waals surface area contributed by atoms with Crippen molar-refractivity contribution in [2.75, 3.05) is 31.1 Å². The molecule has 0 bridgehead atoms. The van der Waals surface area contributed by atoms with Gasteiger partial charge in [-0.15, -0.1) is 5.10 Å². The zero-order valence-corrected chi connectivity index (χ0v) is 12.4. The van der Waals surface area contributed by atoms with Crippen LogP contribution < -0.4 is 10.2 Å². The molecule has 0 atom stereocenters. The lowest BCUT2D eigenvalue weighted by Crippen LogP contribution is -2.44. The van der Waals surface area contributed by atoms with E-state index in [4.69, 9.17) is 0 Å². The standard InChI is InChI=1S/C13H16BrN5/c1-9-2-3-11(14)10(8-9)12-16-13(18-17-12)19-6-4-15-5-7-19/h2-3,8,15H,4-7H2,1H3,(H,16,17,18). The Balaban J connectivity index is 1.89. The number of halogens is 1. The Morgan fingerprint density at radius 1 is 1.26 bits per heavy atom. The first-order chi connectivity index (χ1) is 9.24. The average Bonchev–Trinajstić information content (AvgIpc) is 2.92. The summed E-state index contributed by atoms with van der Waals surface area (Å²) in [6.07, 6.45) is 0. The molecule has 6 heteroatoms. The van der Waals surface area contributed by atoms with Crippen molar-refractivity contribution in [3.63, 3.8) is 0 Å². The number of benzene rings is 1. The highest BCUT2D eigenvalue weighted by atomic mass is 79.9. The number of rotatable bonds is 2. The third-order valence-corrected chi connectivity index (χ3v) is 3.94. The summed E-state index contributed by atoms with van der Waals surface area (Å²) >= 11 is 3.56. The highest BCUT2D eigenvalue weighted by Crippen LogP contribution is 2.27. The van der Waals surface area contributed by atoms with E-state index in [1.54, 1.807) is 0 Å². The molecule has 0 radical (unpaired) electrons. The summed E-state index contributed by atoms with van der Waals surface area (Å²) in [5, 5.41) is 10.7. The van der Waals surface area contributed by atoms with Crippen LogP contribution in [-0.2, 0) is 0 Å². The molecule has 2 N–H and O–H groups in total. The fraction of sp³-hybridized carbons (Fsp3) is 0.385. The Hall–Kier alpha value is -1.40. The van der Waals surface area contributed by atoms with Crippen LogP contribution in [0.5, 0.6) is 0 Å². The minimum absolute atomic E-state index is 0.782. The summed E-state index contributed by atoms with van der Waals surface area (Å²) in [7, 11) is 0. The molecular formula is C13H16BrN5. The van der Waals surface area contributed by atoms with Gasteiger partial charge in [0, 0.05) is 36.2 Å². The van der Waals surface area contributed by atoms with Gasteiger partial charge in [0.25, 0.3) is 0 Å². The number of piperazine rings is 1. The normalized spacial score (nSPS) is 15.8. The van der Waals surface area contributed by atoms with Gasteiger partial charge in [-0.25, -0.2) is 0 Å². The minimum Gasteiger partial charge on any atom is -0.337 e. The lowest BCUT2D eigenvalue weighted by Gasteiger charge is -2.25. The van der Waals surface area contributed by atoms with E-state index >= 15 is 0 Å². The van der Waals surface area contributed by atoms with Gasteiger partial charge < -0.3 is 10.2 Å². The van der Waals surface area contributed by atoms with Crippen LogP contribution in [0.15, 0.2) is 22.7 Å². The molecule has 0 aliphatic carbocycles. The fourth-order valence-corrected chi connectivity index (χ4v) is 2.63. The Morgan fingerprint density at radius 3 is 2.84 bits per heavy atom. The third kappa shape index (κ3) is 2.64. The number of anilines is 1. The van der Waals surface area contributed by atoms with Crippen molar-refractivity contribution in [2.45, 2.75) is 6.92 Å². The largest absolute Gasteiger partial charge is 0.337 e. The number of aromatic amines is 1. The van der Waals surface area contributed by atoms with Gasteiger partial charge in [-0.2, -0.15) is 4.98 Å². The van der Waals surface area contributed by atoms with Crippen LogP contribution in [0.2, 0.25) is 0 Å². The van der Waals surface area contributed by atoms with E-state index in [0.29, 0.717) is 0 Å². The second-order valence-corrected chi connectivity index (χ2v) is 5.56. The summed E-state index contributed by atoms with van der Waals surface area (Å²) in [6.45, 7) is 5.94. The van der Waals surface area contributed by atoms with Gasteiger partial charge in [-0.05, 0) is 19.1 Å². The molecular weight excluding hydrogens is 306 g/mol. The Kier molecular flexibility index (Phi) is 3.52. The zero-order chi connectivity index (χ0) is 13.2. The molecule has 1 aliphatic rings. The summed E-state index contributed by atoms with van der Waals surface area (Å²) in [5.41, 5.74) is 2.26. The van der Waals surface area contributed by atoms with Gasteiger partial charge in [0.15, 0.2) is 5.82 Å². The molecule has 2 heterocycles. The van der Waals surface area contributed by atoms with E-state index in [1.807, 2.05) is 6.07 Å². The maximum Gasteiger partial charge on any atom is 0.245 e. The smallest absolute Gasteiger partial charge is 0.245 e. The molecule has 1 aromatic heterocycles. The van der Waals surface area contributed by atoms with Crippen LogP contribution in [-0.4, -0.2) is 41.4 Å². The molecule has 100 valence electrons. The molecule has 1 aliphatic heterocycles. The van der Waals surface area contributed by atoms with E-state index < -0.39 is 0 Å². The Bertz CT molecular complexity index is 574. The maximum absolute atomic E-state index is 4.61. The molecule has 2 aromatic rings. The van der Waals surface area contributed by atoms with Gasteiger partial charge in [-0.1, -0.05) is 27.6 Å². The second kappa shape index (κ2) is 5.30. The van der Waals surface area contributed by atoms with Gasteiger partial charge in [0.05, 0.1) is 0 Å². The summed E-state index contributed by atoms with van der Waals surface area (Å²) in [5.74, 6) is 1.59. The van der Waals surface area contributed by atoms with E-state index in [9.17, 15) is 0 Å². The molecule has 1 fully saturated rings. The number of nitrogens with one attached hydrogen (secondary N) is 2. The molecule has 0 unspecified atom stereocenters. The van der Waals surface area contributed by atoms with Crippen LogP contribution in [0, 0.1) is 6.92 Å². The number of aromatic nitrogens is 3. The van der Waals surface area contributed by atoms with Gasteiger partial charge in [-0.3, -0.25) is 5.10 Å². The highest BCUT2D eigenvalue weighted by Gasteiger charge is 2.16. The number of H-pyrrole nitrogens is 1. The highest BCUT2D eigenvalue weighted by molar-refractivity contribution is 9.10. The van der Waals surface area contributed by atoms with Crippen molar-refractivity contribution in [1.29, 1.82) is 0 Å². The van der Waals surface area contributed by atoms with Crippen molar-refractivity contribution in [1.82, 2.24) is 20.5 Å². The van der Waals surface area contributed by atoms with Crippen molar-refractivity contribution < 1.29 is 0 Å². The molecule has 0 amide bonds. The molecule has 0 spiro atoms. The van der Waals surface area contributed by atoms with Crippen LogP contribution in [0.1, 0.15) is 5.56 Å². The number of aryl methyl sites for hydroxylation is 1. The topological polar surface area (TPSA) is 56.8 Å². The van der Waals surface area contributed by atoms with E-state index in [2.05, 4.69) is 60.4 Å². The number of hydrogen-bond acceptors (Lipinski definition) is 4. The first kappa shape index (κ1) is 12.6. The number of hydrogen-bond donors (Lipinski definition) is 2. The van der Waals surface area contributed by atoms with E-state index in [-0.39, 0.29) is 0 Å².